The molecule has 3 heterocycles. The molecule has 2 N–H and O–H groups in total. The van der Waals surface area contributed by atoms with E-state index in [1.165, 1.54) is 0 Å². The first kappa shape index (κ1) is 29.4. The number of aryl methyl sites for hydroxylation is 1. The van der Waals surface area contributed by atoms with Crippen LogP contribution in [0.5, 0.6) is 5.88 Å². The van der Waals surface area contributed by atoms with Gasteiger partial charge >= 0.3 is 0 Å². The number of nitrogens with zero attached hydrogens (tertiary/aromatic N) is 5. The number of hydrogen-bond donors (Lipinski definition) is 2. The molecule has 1 aliphatic rings. The van der Waals surface area contributed by atoms with Crippen LogP contribution >= 0.6 is 0 Å². The average Bonchev–Trinajstić information content (AvgIpc) is 3.25. The van der Waals surface area contributed by atoms with Crippen LogP contribution in [0.4, 0.5) is 17.3 Å². The number of nitrogens with one attached hydrogen (secondary N) is 2. The summed E-state index contributed by atoms with van der Waals surface area (Å²) < 4.78 is 17.5. The molecule has 0 bridgehead atoms. The second-order valence-electron chi connectivity index (χ2n) is 11.9. The van der Waals surface area contributed by atoms with Crippen molar-refractivity contribution in [1.82, 2.24) is 19.9 Å². The first-order chi connectivity index (χ1) is 18.9. The molecule has 0 amide bonds. The molecular weight excluding hydrogens is 522 g/mol. The lowest BCUT2D eigenvalue weighted by Crippen LogP contribution is -2.45. The summed E-state index contributed by atoms with van der Waals surface area (Å²) >= 11 is 0. The normalized spacial score (nSPS) is 16.7. The van der Waals surface area contributed by atoms with Crippen molar-refractivity contribution in [1.29, 1.82) is 5.26 Å². The monoisotopic (exact) mass is 561 g/mol. The summed E-state index contributed by atoms with van der Waals surface area (Å²) in [6.45, 7) is 17.3. The van der Waals surface area contributed by atoms with E-state index >= 15 is 0 Å². The third-order valence-corrected chi connectivity index (χ3v) is 12.2. The van der Waals surface area contributed by atoms with Crippen LogP contribution in [0.25, 0.3) is 11.3 Å². The number of methoxy groups -OCH3 is 1. The van der Waals surface area contributed by atoms with Gasteiger partial charge in [0.2, 0.25) is 11.8 Å². The van der Waals surface area contributed by atoms with E-state index in [0.717, 1.165) is 16.8 Å². The van der Waals surface area contributed by atoms with Crippen molar-refractivity contribution in [2.45, 2.75) is 58.2 Å². The van der Waals surface area contributed by atoms with E-state index in [4.69, 9.17) is 18.9 Å². The maximum atomic E-state index is 10.0. The molecule has 0 saturated carbocycles. The standard InChI is InChI=1S/C29H39N7O3Si/c1-19-32-16-24(26(34-19)38-12-11-37-6)36-27-31-10-9-23(35-27)20-13-21(15-30)25-22(14-20)29(5,17-33-25)18-39-40(7,8)28(2,3)4/h9-10,13-14,16,33H,11-12,17-18H2,1-8H3,(H,31,35,36)/t29-/m1/s1. The van der Waals surface area contributed by atoms with Gasteiger partial charge in [0.25, 0.3) is 0 Å². The highest BCUT2D eigenvalue weighted by molar-refractivity contribution is 6.74. The molecule has 10 nitrogen and oxygen atoms in total. The Balaban J connectivity index is 1.64. The highest BCUT2D eigenvalue weighted by Gasteiger charge is 2.42. The minimum absolute atomic E-state index is 0.111. The summed E-state index contributed by atoms with van der Waals surface area (Å²) in [5.41, 5.74) is 4.30. The molecule has 0 unspecified atom stereocenters. The second kappa shape index (κ2) is 11.5. The van der Waals surface area contributed by atoms with Gasteiger partial charge in [-0.05, 0) is 48.8 Å². The average molecular weight is 562 g/mol. The molecule has 0 fully saturated rings. The van der Waals surface area contributed by atoms with Crippen molar-refractivity contribution in [3.63, 3.8) is 0 Å². The minimum atomic E-state index is -1.95. The lowest BCUT2D eigenvalue weighted by Gasteiger charge is -2.39. The molecule has 3 aromatic rings. The van der Waals surface area contributed by atoms with Gasteiger partial charge in [0.15, 0.2) is 8.32 Å². The Morgan fingerprint density at radius 3 is 2.65 bits per heavy atom. The molecule has 0 saturated heterocycles. The molecule has 1 aliphatic heterocycles. The highest BCUT2D eigenvalue weighted by Crippen LogP contribution is 2.44. The Kier molecular flexibility index (Phi) is 8.44. The van der Waals surface area contributed by atoms with Crippen LogP contribution in [0.1, 0.15) is 44.6 Å². The van der Waals surface area contributed by atoms with Gasteiger partial charge in [-0.15, -0.1) is 0 Å². The highest BCUT2D eigenvalue weighted by atomic mass is 28.4. The first-order valence-electron chi connectivity index (χ1n) is 13.4. The topological polar surface area (TPSA) is 127 Å². The van der Waals surface area contributed by atoms with Crippen molar-refractivity contribution >= 4 is 25.6 Å². The third-order valence-electron chi connectivity index (χ3n) is 7.72. The fourth-order valence-electron chi connectivity index (χ4n) is 4.18. The largest absolute Gasteiger partial charge is 0.474 e. The van der Waals surface area contributed by atoms with E-state index < -0.39 is 8.32 Å². The minimum Gasteiger partial charge on any atom is -0.474 e. The van der Waals surface area contributed by atoms with Gasteiger partial charge < -0.3 is 24.5 Å². The number of hydrogen-bond acceptors (Lipinski definition) is 10. The van der Waals surface area contributed by atoms with Crippen molar-refractivity contribution in [2.75, 3.05) is 44.1 Å². The van der Waals surface area contributed by atoms with Crippen LogP contribution in [0.3, 0.4) is 0 Å². The zero-order valence-corrected chi connectivity index (χ0v) is 25.7. The van der Waals surface area contributed by atoms with E-state index in [-0.39, 0.29) is 10.5 Å². The molecule has 1 atom stereocenters. The summed E-state index contributed by atoms with van der Waals surface area (Å²) in [6.07, 6.45) is 3.33. The Morgan fingerprint density at radius 1 is 1.18 bits per heavy atom. The van der Waals surface area contributed by atoms with Crippen LogP contribution < -0.4 is 15.4 Å². The SMILES string of the molecule is COCCOc1nc(C)ncc1Nc1nccc(-c2cc(C#N)c3c(c2)[C@@](C)(CO[Si](C)(C)C(C)(C)C)CN3)n1. The van der Waals surface area contributed by atoms with Crippen molar-refractivity contribution in [2.24, 2.45) is 0 Å². The number of anilines is 3. The number of fused-ring (bicyclic) bond motifs is 1. The summed E-state index contributed by atoms with van der Waals surface area (Å²) in [5, 5.41) is 16.8. The van der Waals surface area contributed by atoms with Gasteiger partial charge in [-0.1, -0.05) is 27.7 Å². The van der Waals surface area contributed by atoms with E-state index in [1.54, 1.807) is 26.4 Å². The molecule has 0 radical (unpaired) electrons. The van der Waals surface area contributed by atoms with Crippen LogP contribution in [0.2, 0.25) is 18.1 Å². The maximum absolute atomic E-state index is 10.0. The van der Waals surface area contributed by atoms with Gasteiger partial charge in [0, 0.05) is 37.4 Å². The van der Waals surface area contributed by atoms with Gasteiger partial charge in [-0.2, -0.15) is 10.2 Å². The predicted octanol–water partition coefficient (Wildman–Crippen LogP) is 5.59. The quantitative estimate of drug-likeness (QED) is 0.239. The molecule has 212 valence electrons. The predicted molar refractivity (Wildman–Crippen MR) is 159 cm³/mol. The molecule has 40 heavy (non-hydrogen) atoms. The lowest BCUT2D eigenvalue weighted by atomic mass is 9.83. The third kappa shape index (κ3) is 6.25. The lowest BCUT2D eigenvalue weighted by molar-refractivity contribution is 0.144. The van der Waals surface area contributed by atoms with Gasteiger partial charge in [0.05, 0.1) is 29.7 Å². The number of rotatable bonds is 10. The maximum Gasteiger partial charge on any atom is 0.241 e. The zero-order chi connectivity index (χ0) is 29.1. The molecular formula is C29H39N7O3Si. The summed E-state index contributed by atoms with van der Waals surface area (Å²) in [4.78, 5) is 17.8. The molecule has 2 aromatic heterocycles. The Labute approximate surface area is 237 Å². The van der Waals surface area contributed by atoms with Crippen molar-refractivity contribution in [3.8, 4) is 23.2 Å². The summed E-state index contributed by atoms with van der Waals surface area (Å²) in [6, 6.07) is 8.19. The number of ether oxygens (including phenoxy) is 2. The fourth-order valence-corrected chi connectivity index (χ4v) is 5.29. The smallest absolute Gasteiger partial charge is 0.241 e. The van der Waals surface area contributed by atoms with Gasteiger partial charge in [-0.25, -0.2) is 15.0 Å². The molecule has 4 rings (SSSR count). The zero-order valence-electron chi connectivity index (χ0n) is 24.7. The molecule has 11 heteroatoms. The van der Waals surface area contributed by atoms with Crippen molar-refractivity contribution < 1.29 is 13.9 Å². The molecule has 1 aromatic carbocycles. The van der Waals surface area contributed by atoms with Crippen LogP contribution in [0, 0.1) is 18.3 Å². The number of aromatic nitrogens is 4. The van der Waals surface area contributed by atoms with E-state index in [1.807, 2.05) is 12.1 Å². The van der Waals surface area contributed by atoms with Gasteiger partial charge in [0.1, 0.15) is 24.2 Å². The second-order valence-corrected chi connectivity index (χ2v) is 16.7. The summed E-state index contributed by atoms with van der Waals surface area (Å²) in [5.74, 6) is 1.35. The van der Waals surface area contributed by atoms with Crippen LogP contribution in [0.15, 0.2) is 30.6 Å². The molecule has 0 spiro atoms. The fraction of sp³-hybridized carbons (Fsp3) is 0.483. The Bertz CT molecular complexity index is 1420. The molecule has 0 aliphatic carbocycles. The van der Waals surface area contributed by atoms with E-state index in [0.29, 0.717) is 61.0 Å². The Hall–Kier alpha value is -3.59. The van der Waals surface area contributed by atoms with E-state index in [9.17, 15) is 5.26 Å². The van der Waals surface area contributed by atoms with E-state index in [2.05, 4.69) is 78.5 Å². The summed E-state index contributed by atoms with van der Waals surface area (Å²) in [7, 11) is -0.338. The Morgan fingerprint density at radius 2 is 1.95 bits per heavy atom. The van der Waals surface area contributed by atoms with Crippen LogP contribution in [-0.2, 0) is 14.6 Å². The first-order valence-corrected chi connectivity index (χ1v) is 16.3. The van der Waals surface area contributed by atoms with Gasteiger partial charge in [-0.3, -0.25) is 0 Å². The number of benzene rings is 1. The van der Waals surface area contributed by atoms with Crippen LogP contribution in [-0.4, -0.2) is 61.7 Å². The number of nitriles is 1. The van der Waals surface area contributed by atoms with Crippen molar-refractivity contribution in [3.05, 3.63) is 47.5 Å².